The molecule has 1 N–H and O–H groups in total. The van der Waals surface area contributed by atoms with Crippen LogP contribution in [0.2, 0.25) is 0 Å². The van der Waals surface area contributed by atoms with E-state index in [0.717, 1.165) is 25.0 Å². The van der Waals surface area contributed by atoms with Crippen molar-refractivity contribution in [2.24, 2.45) is 27.7 Å². The average molecular weight is 511 g/mol. The topological polar surface area (TPSA) is 24.4 Å². The van der Waals surface area contributed by atoms with Gasteiger partial charge in [0.2, 0.25) is 0 Å². The largest absolute Gasteiger partial charge is 0.379 e. The highest BCUT2D eigenvalue weighted by molar-refractivity contribution is 5.81. The van der Waals surface area contributed by atoms with Crippen LogP contribution < -0.4 is 5.32 Å². The van der Waals surface area contributed by atoms with Crippen molar-refractivity contribution in [3.8, 4) is 0 Å². The van der Waals surface area contributed by atoms with Crippen LogP contribution in [-0.2, 0) is 11.8 Å². The maximum Gasteiger partial charge on any atom is 0.0678 e. The third kappa shape index (κ3) is 7.96. The van der Waals surface area contributed by atoms with E-state index >= 15 is 0 Å². The Morgan fingerprint density at radius 1 is 0.892 bits per heavy atom. The fraction of sp³-hybridized carbons (Fsp3) is 0.743. The molecule has 0 aliphatic carbocycles. The van der Waals surface area contributed by atoms with Gasteiger partial charge in [0, 0.05) is 16.8 Å². The first-order valence-electron chi connectivity index (χ1n) is 15.1. The van der Waals surface area contributed by atoms with Crippen LogP contribution in [-0.4, -0.2) is 12.3 Å². The van der Waals surface area contributed by atoms with Crippen molar-refractivity contribution in [1.29, 1.82) is 0 Å². The van der Waals surface area contributed by atoms with Gasteiger partial charge in [0.15, 0.2) is 0 Å². The molecule has 0 radical (unpaired) electrons. The predicted octanol–water partition coefficient (Wildman–Crippen LogP) is 11.1. The summed E-state index contributed by atoms with van der Waals surface area (Å²) >= 11 is 0. The van der Waals surface area contributed by atoms with E-state index in [2.05, 4.69) is 127 Å². The maximum atomic E-state index is 4.72. The molecule has 1 unspecified atom stereocenters. The zero-order valence-electron chi connectivity index (χ0n) is 27.3. The van der Waals surface area contributed by atoms with E-state index in [4.69, 9.17) is 4.99 Å². The minimum Gasteiger partial charge on any atom is -0.379 e. The number of aliphatic imine (C=N–C) groups is 1. The molecule has 0 fully saturated rings. The lowest BCUT2D eigenvalue weighted by molar-refractivity contribution is 0.179. The van der Waals surface area contributed by atoms with Crippen LogP contribution in [0.15, 0.2) is 23.2 Å². The van der Waals surface area contributed by atoms with Gasteiger partial charge in [-0.3, -0.25) is 4.99 Å². The summed E-state index contributed by atoms with van der Waals surface area (Å²) in [4.78, 5) is 4.72. The number of allylic oxidation sites excluding steroid dienone is 1. The Balaban J connectivity index is 3.94. The third-order valence-corrected chi connectivity index (χ3v) is 10.1. The van der Waals surface area contributed by atoms with Crippen molar-refractivity contribution >= 4 is 18.1 Å². The monoisotopic (exact) mass is 510 g/mol. The molecule has 1 rings (SSSR count). The van der Waals surface area contributed by atoms with E-state index in [9.17, 15) is 0 Å². The Kier molecular flexibility index (Phi) is 11.7. The lowest BCUT2D eigenvalue weighted by atomic mass is 9.68. The smallest absolute Gasteiger partial charge is 0.0678 e. The van der Waals surface area contributed by atoms with Gasteiger partial charge in [-0.25, -0.2) is 0 Å². The van der Waals surface area contributed by atoms with Crippen LogP contribution in [0.1, 0.15) is 146 Å². The quantitative estimate of drug-likeness (QED) is 0.247. The van der Waals surface area contributed by atoms with Crippen molar-refractivity contribution in [3.63, 3.8) is 0 Å². The lowest BCUT2D eigenvalue weighted by Crippen LogP contribution is -2.47. The van der Waals surface area contributed by atoms with Crippen LogP contribution in [0.5, 0.6) is 0 Å². The van der Waals surface area contributed by atoms with E-state index in [0.29, 0.717) is 17.3 Å². The van der Waals surface area contributed by atoms with E-state index in [1.54, 1.807) is 0 Å². The fourth-order valence-corrected chi connectivity index (χ4v) is 5.39. The van der Waals surface area contributed by atoms with E-state index in [1.807, 2.05) is 0 Å². The number of rotatable bonds is 14. The number of nitrogens with zero attached hydrogens (tertiary/aromatic N) is 1. The van der Waals surface area contributed by atoms with Crippen LogP contribution in [0.25, 0.3) is 5.70 Å². The van der Waals surface area contributed by atoms with Crippen LogP contribution >= 0.6 is 0 Å². The molecule has 0 saturated carbocycles. The average Bonchev–Trinajstić information content (AvgIpc) is 2.84. The second-order valence-electron chi connectivity index (χ2n) is 14.0. The van der Waals surface area contributed by atoms with Gasteiger partial charge >= 0.3 is 0 Å². The molecule has 2 heteroatoms. The van der Waals surface area contributed by atoms with Crippen molar-refractivity contribution in [2.75, 3.05) is 5.32 Å². The molecular weight excluding hydrogens is 448 g/mol. The molecule has 1 atom stereocenters. The molecule has 0 bridgehead atoms. The molecule has 0 aliphatic rings. The lowest BCUT2D eigenvalue weighted by Gasteiger charge is -2.45. The van der Waals surface area contributed by atoms with Crippen molar-refractivity contribution < 1.29 is 0 Å². The van der Waals surface area contributed by atoms with Crippen LogP contribution in [0.4, 0.5) is 5.69 Å². The normalized spacial score (nSPS) is 14.7. The molecular formula is C35H62N2. The molecule has 1 aromatic carbocycles. The molecule has 0 spiro atoms. The maximum absolute atomic E-state index is 4.72. The van der Waals surface area contributed by atoms with Crippen LogP contribution in [0, 0.1) is 22.7 Å². The van der Waals surface area contributed by atoms with Crippen LogP contribution in [0.3, 0.4) is 0 Å². The number of nitrogens with one attached hydrogen (secondary N) is 1. The molecule has 0 amide bonds. The van der Waals surface area contributed by atoms with Crippen molar-refractivity contribution in [2.45, 2.75) is 146 Å². The summed E-state index contributed by atoms with van der Waals surface area (Å²) in [5.41, 5.74) is 6.70. The van der Waals surface area contributed by atoms with Gasteiger partial charge in [-0.15, -0.1) is 0 Å². The van der Waals surface area contributed by atoms with Crippen molar-refractivity contribution in [1.82, 2.24) is 0 Å². The highest BCUT2D eigenvalue weighted by Gasteiger charge is 2.39. The van der Waals surface area contributed by atoms with Gasteiger partial charge < -0.3 is 5.32 Å². The standard InChI is InChI=1S/C35H62N2/c1-16-26-21-28(32(8,9)10)23-29(31(26)37-33(11,12)35(14,19-4)20-5)30(36-15)22-27(25(6)7)24-34(13,17-2)18-3/h21-23,25,27,37H,15-20,24H2,1-14H3/b30-22-. The number of anilines is 1. The number of hydrogen-bond acceptors (Lipinski definition) is 2. The Bertz CT molecular complexity index is 902. The van der Waals surface area contributed by atoms with E-state index < -0.39 is 0 Å². The van der Waals surface area contributed by atoms with Gasteiger partial charge in [-0.1, -0.05) is 108 Å². The highest BCUT2D eigenvalue weighted by Crippen LogP contribution is 2.44. The van der Waals surface area contributed by atoms with Gasteiger partial charge in [-0.05, 0) is 91.5 Å². The summed E-state index contributed by atoms with van der Waals surface area (Å²) in [6.45, 7) is 36.9. The third-order valence-electron chi connectivity index (χ3n) is 10.1. The second-order valence-corrected chi connectivity index (χ2v) is 14.0. The molecule has 0 saturated heterocycles. The first-order valence-corrected chi connectivity index (χ1v) is 15.1. The molecule has 0 aromatic heterocycles. The minimum atomic E-state index is -0.0782. The van der Waals surface area contributed by atoms with Gasteiger partial charge in [0.1, 0.15) is 0 Å². The molecule has 1 aromatic rings. The second kappa shape index (κ2) is 13.0. The predicted molar refractivity (Wildman–Crippen MR) is 170 cm³/mol. The first-order chi connectivity index (χ1) is 17.0. The Morgan fingerprint density at radius 3 is 1.81 bits per heavy atom. The number of aryl methyl sites for hydroxylation is 1. The van der Waals surface area contributed by atoms with Gasteiger partial charge in [-0.2, -0.15) is 0 Å². The summed E-state index contributed by atoms with van der Waals surface area (Å²) in [6, 6.07) is 4.81. The molecule has 2 nitrogen and oxygen atoms in total. The number of hydrogen-bond donors (Lipinski definition) is 1. The number of benzene rings is 1. The van der Waals surface area contributed by atoms with E-state index in [1.165, 1.54) is 41.6 Å². The SMILES string of the molecule is C=N/C(=C\C(CC(C)(CC)CC)C(C)C)c1cc(C(C)(C)C)cc(CC)c1NC(C)(C)C(C)(CC)CC. The Morgan fingerprint density at radius 2 is 1.43 bits per heavy atom. The fourth-order valence-electron chi connectivity index (χ4n) is 5.39. The van der Waals surface area contributed by atoms with Gasteiger partial charge in [0.05, 0.1) is 5.70 Å². The highest BCUT2D eigenvalue weighted by atomic mass is 15.0. The summed E-state index contributed by atoms with van der Waals surface area (Å²) in [6.07, 6.45) is 9.25. The van der Waals surface area contributed by atoms with E-state index in [-0.39, 0.29) is 16.4 Å². The van der Waals surface area contributed by atoms with Crippen molar-refractivity contribution in [3.05, 3.63) is 34.9 Å². The zero-order valence-corrected chi connectivity index (χ0v) is 27.3. The van der Waals surface area contributed by atoms with Gasteiger partial charge in [0.25, 0.3) is 0 Å². The summed E-state index contributed by atoms with van der Waals surface area (Å²) in [5.74, 6) is 0.994. The summed E-state index contributed by atoms with van der Waals surface area (Å²) in [7, 11) is 0. The summed E-state index contributed by atoms with van der Waals surface area (Å²) in [5, 5.41) is 4.09. The first kappa shape index (κ1) is 33.5. The molecule has 0 heterocycles. The zero-order chi connectivity index (χ0) is 28.8. The molecule has 0 aliphatic heterocycles. The Labute approximate surface area is 232 Å². The minimum absolute atomic E-state index is 0.0563. The molecule has 212 valence electrons. The molecule has 37 heavy (non-hydrogen) atoms. The summed E-state index contributed by atoms with van der Waals surface area (Å²) < 4.78 is 0. The Hall–Kier alpha value is -1.57.